The van der Waals surface area contributed by atoms with Crippen LogP contribution in [0.3, 0.4) is 0 Å². The summed E-state index contributed by atoms with van der Waals surface area (Å²) in [5.74, 6) is 0.101. The maximum atomic E-state index is 12.9. The van der Waals surface area contributed by atoms with Crippen LogP contribution in [0.2, 0.25) is 0 Å². The molecule has 4 rings (SSSR count). The highest BCUT2D eigenvalue weighted by atomic mass is 16.2. The Balaban J connectivity index is 1.41. The number of carbonyl (C=O) groups excluding carboxylic acids is 2. The van der Waals surface area contributed by atoms with Gasteiger partial charge in [-0.25, -0.2) is 0 Å². The summed E-state index contributed by atoms with van der Waals surface area (Å²) in [4.78, 5) is 29.4. The molecule has 0 saturated carbocycles. The number of nitrogens with zero attached hydrogens (tertiary/aromatic N) is 4. The molecule has 1 aromatic carbocycles. The van der Waals surface area contributed by atoms with Gasteiger partial charge in [-0.3, -0.25) is 14.3 Å². The lowest BCUT2D eigenvalue weighted by atomic mass is 10.0. The Morgan fingerprint density at radius 2 is 1.59 bits per heavy atom. The SMILES string of the molecule is Cc1ccc(C(=O)N2CCN(C(=O)c3cnn4c3CCCC4)CC2)cc1C. The fourth-order valence-corrected chi connectivity index (χ4v) is 3.94. The second-order valence-electron chi connectivity index (χ2n) is 7.57. The molecule has 2 amide bonds. The van der Waals surface area contributed by atoms with Gasteiger partial charge in [-0.05, 0) is 56.4 Å². The molecule has 142 valence electrons. The number of hydrogen-bond acceptors (Lipinski definition) is 3. The van der Waals surface area contributed by atoms with Crippen molar-refractivity contribution >= 4 is 11.8 Å². The van der Waals surface area contributed by atoms with Crippen LogP contribution in [-0.2, 0) is 13.0 Å². The van der Waals surface area contributed by atoms with Gasteiger partial charge in [0.1, 0.15) is 0 Å². The van der Waals surface area contributed by atoms with Gasteiger partial charge in [0, 0.05) is 38.3 Å². The molecule has 1 saturated heterocycles. The Bertz CT molecular complexity index is 878. The van der Waals surface area contributed by atoms with Crippen LogP contribution in [0.4, 0.5) is 0 Å². The van der Waals surface area contributed by atoms with E-state index in [-0.39, 0.29) is 11.8 Å². The first-order valence-corrected chi connectivity index (χ1v) is 9.75. The first kappa shape index (κ1) is 17.8. The molecule has 1 fully saturated rings. The van der Waals surface area contributed by atoms with Gasteiger partial charge in [-0.1, -0.05) is 6.07 Å². The van der Waals surface area contributed by atoms with Crippen LogP contribution in [0, 0.1) is 13.8 Å². The number of piperazine rings is 1. The topological polar surface area (TPSA) is 58.4 Å². The Kier molecular flexibility index (Phi) is 4.72. The zero-order valence-corrected chi connectivity index (χ0v) is 16.1. The van der Waals surface area contributed by atoms with E-state index in [1.807, 2.05) is 46.5 Å². The minimum Gasteiger partial charge on any atom is -0.335 e. The van der Waals surface area contributed by atoms with E-state index in [0.717, 1.165) is 48.2 Å². The summed E-state index contributed by atoms with van der Waals surface area (Å²) in [5, 5.41) is 4.38. The maximum Gasteiger partial charge on any atom is 0.257 e. The van der Waals surface area contributed by atoms with Crippen molar-refractivity contribution in [2.45, 2.75) is 39.7 Å². The van der Waals surface area contributed by atoms with Gasteiger partial charge >= 0.3 is 0 Å². The zero-order chi connectivity index (χ0) is 19.0. The van der Waals surface area contributed by atoms with Crippen LogP contribution >= 0.6 is 0 Å². The highest BCUT2D eigenvalue weighted by Gasteiger charge is 2.28. The van der Waals surface area contributed by atoms with Crippen molar-refractivity contribution in [3.63, 3.8) is 0 Å². The lowest BCUT2D eigenvalue weighted by molar-refractivity contribution is 0.0534. The average Bonchev–Trinajstić information content (AvgIpc) is 3.13. The number of aryl methyl sites for hydroxylation is 3. The molecule has 0 aliphatic carbocycles. The van der Waals surface area contributed by atoms with Crippen LogP contribution < -0.4 is 0 Å². The first-order chi connectivity index (χ1) is 13.0. The van der Waals surface area contributed by atoms with Gasteiger partial charge in [0.05, 0.1) is 17.5 Å². The Morgan fingerprint density at radius 3 is 2.30 bits per heavy atom. The van der Waals surface area contributed by atoms with Gasteiger partial charge in [0.2, 0.25) is 0 Å². The minimum absolute atomic E-state index is 0.0492. The number of amides is 2. The molecule has 6 nitrogen and oxygen atoms in total. The lowest BCUT2D eigenvalue weighted by Crippen LogP contribution is -2.50. The Hall–Kier alpha value is -2.63. The standard InChI is InChI=1S/C21H26N4O2/c1-15-6-7-17(13-16(15)2)20(26)23-9-11-24(12-10-23)21(27)18-14-22-25-8-4-3-5-19(18)25/h6-7,13-14H,3-5,8-12H2,1-2H3. The average molecular weight is 366 g/mol. The fourth-order valence-electron chi connectivity index (χ4n) is 3.94. The highest BCUT2D eigenvalue weighted by Crippen LogP contribution is 2.20. The van der Waals surface area contributed by atoms with Crippen molar-refractivity contribution in [1.29, 1.82) is 0 Å². The van der Waals surface area contributed by atoms with Crippen molar-refractivity contribution in [2.24, 2.45) is 0 Å². The summed E-state index contributed by atoms with van der Waals surface area (Å²) in [6, 6.07) is 5.83. The zero-order valence-electron chi connectivity index (χ0n) is 16.1. The molecule has 0 N–H and O–H groups in total. The van der Waals surface area contributed by atoms with Gasteiger partial charge in [0.15, 0.2) is 0 Å². The lowest BCUT2D eigenvalue weighted by Gasteiger charge is -2.35. The highest BCUT2D eigenvalue weighted by molar-refractivity contribution is 5.96. The van der Waals surface area contributed by atoms with Gasteiger partial charge in [-0.15, -0.1) is 0 Å². The van der Waals surface area contributed by atoms with E-state index in [9.17, 15) is 9.59 Å². The summed E-state index contributed by atoms with van der Waals surface area (Å²) in [6.07, 6.45) is 4.88. The van der Waals surface area contributed by atoms with E-state index in [2.05, 4.69) is 5.10 Å². The molecule has 1 aromatic heterocycles. The fraction of sp³-hybridized carbons (Fsp3) is 0.476. The summed E-state index contributed by atoms with van der Waals surface area (Å²) in [7, 11) is 0. The molecule has 0 unspecified atom stereocenters. The summed E-state index contributed by atoms with van der Waals surface area (Å²) >= 11 is 0. The van der Waals surface area contributed by atoms with E-state index in [1.165, 1.54) is 5.56 Å². The molecule has 0 bridgehead atoms. The van der Waals surface area contributed by atoms with Crippen molar-refractivity contribution in [3.05, 3.63) is 52.3 Å². The van der Waals surface area contributed by atoms with E-state index in [0.29, 0.717) is 26.2 Å². The number of carbonyl (C=O) groups is 2. The van der Waals surface area contributed by atoms with Crippen LogP contribution in [0.5, 0.6) is 0 Å². The van der Waals surface area contributed by atoms with Gasteiger partial charge in [0.25, 0.3) is 11.8 Å². The second-order valence-corrected chi connectivity index (χ2v) is 7.57. The van der Waals surface area contributed by atoms with Crippen molar-refractivity contribution < 1.29 is 9.59 Å². The maximum absolute atomic E-state index is 12.9. The van der Waals surface area contributed by atoms with Crippen LogP contribution in [0.1, 0.15) is 50.4 Å². The number of fused-ring (bicyclic) bond motifs is 1. The van der Waals surface area contributed by atoms with Crippen molar-refractivity contribution in [1.82, 2.24) is 19.6 Å². The van der Waals surface area contributed by atoms with Gasteiger partial charge in [-0.2, -0.15) is 5.10 Å². The van der Waals surface area contributed by atoms with E-state index in [1.54, 1.807) is 6.20 Å². The molecule has 6 heteroatoms. The van der Waals surface area contributed by atoms with E-state index < -0.39 is 0 Å². The quantitative estimate of drug-likeness (QED) is 0.820. The molecule has 2 aromatic rings. The van der Waals surface area contributed by atoms with Crippen LogP contribution in [0.25, 0.3) is 0 Å². The number of rotatable bonds is 2. The predicted molar refractivity (Wildman–Crippen MR) is 103 cm³/mol. The third-order valence-electron chi connectivity index (χ3n) is 5.82. The van der Waals surface area contributed by atoms with E-state index >= 15 is 0 Å². The molecule has 27 heavy (non-hydrogen) atoms. The molecule has 3 heterocycles. The summed E-state index contributed by atoms with van der Waals surface area (Å²) < 4.78 is 1.97. The Morgan fingerprint density at radius 1 is 0.889 bits per heavy atom. The van der Waals surface area contributed by atoms with Crippen molar-refractivity contribution in [2.75, 3.05) is 26.2 Å². The van der Waals surface area contributed by atoms with E-state index in [4.69, 9.17) is 0 Å². The number of benzene rings is 1. The summed E-state index contributed by atoms with van der Waals surface area (Å²) in [6.45, 7) is 7.25. The smallest absolute Gasteiger partial charge is 0.257 e. The normalized spacial score (nSPS) is 17.0. The van der Waals surface area contributed by atoms with Crippen molar-refractivity contribution in [3.8, 4) is 0 Å². The molecule has 0 radical (unpaired) electrons. The summed E-state index contributed by atoms with van der Waals surface area (Å²) in [5.41, 5.74) is 4.85. The monoisotopic (exact) mass is 366 g/mol. The second kappa shape index (κ2) is 7.18. The number of hydrogen-bond donors (Lipinski definition) is 0. The minimum atomic E-state index is 0.0492. The molecule has 0 spiro atoms. The third kappa shape index (κ3) is 3.36. The predicted octanol–water partition coefficient (Wildman–Crippen LogP) is 2.43. The molecule has 0 atom stereocenters. The van der Waals surface area contributed by atoms with Crippen LogP contribution in [-0.4, -0.2) is 57.6 Å². The molecular formula is C21H26N4O2. The number of aromatic nitrogens is 2. The largest absolute Gasteiger partial charge is 0.335 e. The van der Waals surface area contributed by atoms with Crippen LogP contribution in [0.15, 0.2) is 24.4 Å². The van der Waals surface area contributed by atoms with Gasteiger partial charge < -0.3 is 9.80 Å². The molecule has 2 aliphatic heterocycles. The molecule has 2 aliphatic rings. The Labute approximate surface area is 159 Å². The first-order valence-electron chi connectivity index (χ1n) is 9.75. The molecular weight excluding hydrogens is 340 g/mol. The third-order valence-corrected chi connectivity index (χ3v) is 5.82.